The zero-order valence-electron chi connectivity index (χ0n) is 13.8. The molecule has 2 aromatic heterocycles. The maximum atomic E-state index is 12.2. The molecular formula is C16H23N5O2. The minimum Gasteiger partial charge on any atom is -0.444 e. The SMILES string of the molecule is CC(C)(C)OC(=O)N1CCCC(Nc2ncnc3[nH]ccc23)C1. The van der Waals surface area contributed by atoms with Crippen LogP contribution in [0.1, 0.15) is 33.6 Å². The van der Waals surface area contributed by atoms with Crippen LogP contribution in [0.3, 0.4) is 0 Å². The number of aromatic amines is 1. The van der Waals surface area contributed by atoms with Gasteiger partial charge in [-0.3, -0.25) is 0 Å². The van der Waals surface area contributed by atoms with Crippen LogP contribution in [0.2, 0.25) is 0 Å². The zero-order chi connectivity index (χ0) is 16.4. The average Bonchev–Trinajstić information content (AvgIpc) is 2.95. The normalized spacial score (nSPS) is 18.9. The molecule has 1 unspecified atom stereocenters. The third kappa shape index (κ3) is 3.72. The molecule has 2 aromatic rings. The second kappa shape index (κ2) is 6.06. The van der Waals surface area contributed by atoms with Crippen LogP contribution < -0.4 is 5.32 Å². The summed E-state index contributed by atoms with van der Waals surface area (Å²) in [6.45, 7) is 7.00. The summed E-state index contributed by atoms with van der Waals surface area (Å²) >= 11 is 0. The number of amides is 1. The van der Waals surface area contributed by atoms with Crippen LogP contribution in [0.15, 0.2) is 18.6 Å². The summed E-state index contributed by atoms with van der Waals surface area (Å²) in [5.41, 5.74) is 0.337. The first-order valence-electron chi connectivity index (χ1n) is 7.95. The number of rotatable bonds is 2. The lowest BCUT2D eigenvalue weighted by atomic mass is 10.1. The highest BCUT2D eigenvalue weighted by Gasteiger charge is 2.28. The van der Waals surface area contributed by atoms with Gasteiger partial charge in [-0.15, -0.1) is 0 Å². The molecule has 1 aliphatic heterocycles. The van der Waals surface area contributed by atoms with Crippen LogP contribution in [-0.4, -0.2) is 50.7 Å². The fourth-order valence-electron chi connectivity index (χ4n) is 2.77. The number of hydrogen-bond donors (Lipinski definition) is 2. The summed E-state index contributed by atoms with van der Waals surface area (Å²) in [7, 11) is 0. The summed E-state index contributed by atoms with van der Waals surface area (Å²) < 4.78 is 5.46. The van der Waals surface area contributed by atoms with Crippen molar-refractivity contribution >= 4 is 22.9 Å². The summed E-state index contributed by atoms with van der Waals surface area (Å²) in [4.78, 5) is 25.6. The molecule has 0 radical (unpaired) electrons. The molecule has 1 atom stereocenters. The number of piperidine rings is 1. The molecule has 7 nitrogen and oxygen atoms in total. The molecule has 124 valence electrons. The van der Waals surface area contributed by atoms with Gasteiger partial charge in [0.2, 0.25) is 0 Å². The third-order valence-electron chi connectivity index (χ3n) is 3.77. The predicted octanol–water partition coefficient (Wildman–Crippen LogP) is 2.77. The Hall–Kier alpha value is -2.31. The second-order valence-corrected chi connectivity index (χ2v) is 6.87. The number of H-pyrrole nitrogens is 1. The Balaban J connectivity index is 1.67. The minimum absolute atomic E-state index is 0.157. The standard InChI is InChI=1S/C16H23N5O2/c1-16(2,3)23-15(22)21-8-4-5-11(9-21)20-14-12-6-7-17-13(12)18-10-19-14/h6-7,10-11H,4-5,8-9H2,1-3H3,(H2,17,18,19,20). The first kappa shape index (κ1) is 15.6. The van der Waals surface area contributed by atoms with Crippen LogP contribution in [0.4, 0.5) is 10.6 Å². The van der Waals surface area contributed by atoms with Crippen LogP contribution in [0.25, 0.3) is 11.0 Å². The molecule has 7 heteroatoms. The van der Waals surface area contributed by atoms with Crippen LogP contribution >= 0.6 is 0 Å². The van der Waals surface area contributed by atoms with Crippen LogP contribution in [-0.2, 0) is 4.74 Å². The number of carbonyl (C=O) groups is 1. The topological polar surface area (TPSA) is 83.1 Å². The molecule has 0 aliphatic carbocycles. The molecule has 1 fully saturated rings. The summed E-state index contributed by atoms with van der Waals surface area (Å²) in [5, 5.41) is 4.40. The summed E-state index contributed by atoms with van der Waals surface area (Å²) in [5.74, 6) is 0.798. The number of ether oxygens (including phenoxy) is 1. The monoisotopic (exact) mass is 317 g/mol. The van der Waals surface area contributed by atoms with Crippen molar-refractivity contribution in [3.8, 4) is 0 Å². The predicted molar refractivity (Wildman–Crippen MR) is 88.3 cm³/mol. The largest absolute Gasteiger partial charge is 0.444 e. The van der Waals surface area contributed by atoms with E-state index in [4.69, 9.17) is 4.74 Å². The summed E-state index contributed by atoms with van der Waals surface area (Å²) in [6, 6.07) is 2.11. The molecule has 1 aliphatic rings. The lowest BCUT2D eigenvalue weighted by molar-refractivity contribution is 0.0206. The fourth-order valence-corrected chi connectivity index (χ4v) is 2.77. The highest BCUT2D eigenvalue weighted by Crippen LogP contribution is 2.22. The van der Waals surface area contributed by atoms with Gasteiger partial charge < -0.3 is 19.9 Å². The van der Waals surface area contributed by atoms with Crippen molar-refractivity contribution < 1.29 is 9.53 Å². The Bertz CT molecular complexity index is 691. The molecule has 0 bridgehead atoms. The molecule has 3 rings (SSSR count). The molecule has 3 heterocycles. The fraction of sp³-hybridized carbons (Fsp3) is 0.562. The molecule has 0 aromatic carbocycles. The molecular weight excluding hydrogens is 294 g/mol. The van der Waals surface area contributed by atoms with E-state index in [1.165, 1.54) is 6.33 Å². The quantitative estimate of drug-likeness (QED) is 0.890. The van der Waals surface area contributed by atoms with Gasteiger partial charge in [0.15, 0.2) is 0 Å². The molecule has 0 spiro atoms. The van der Waals surface area contributed by atoms with Gasteiger partial charge >= 0.3 is 6.09 Å². The number of carbonyl (C=O) groups excluding carboxylic acids is 1. The number of fused-ring (bicyclic) bond motifs is 1. The molecule has 0 saturated carbocycles. The first-order valence-corrected chi connectivity index (χ1v) is 7.95. The van der Waals surface area contributed by atoms with Gasteiger partial charge in [-0.05, 0) is 39.7 Å². The lowest BCUT2D eigenvalue weighted by Gasteiger charge is -2.34. The van der Waals surface area contributed by atoms with E-state index in [1.54, 1.807) is 4.90 Å². The van der Waals surface area contributed by atoms with Gasteiger partial charge in [-0.1, -0.05) is 0 Å². The van der Waals surface area contributed by atoms with Crippen molar-refractivity contribution in [3.63, 3.8) is 0 Å². The Morgan fingerprint density at radius 3 is 3.04 bits per heavy atom. The van der Waals surface area contributed by atoms with Gasteiger partial charge in [0.1, 0.15) is 23.4 Å². The van der Waals surface area contributed by atoms with E-state index in [0.29, 0.717) is 6.54 Å². The van der Waals surface area contributed by atoms with E-state index in [1.807, 2.05) is 33.0 Å². The maximum Gasteiger partial charge on any atom is 0.410 e. The Morgan fingerprint density at radius 2 is 2.26 bits per heavy atom. The smallest absolute Gasteiger partial charge is 0.410 e. The Morgan fingerprint density at radius 1 is 1.43 bits per heavy atom. The Kier molecular flexibility index (Phi) is 4.11. The van der Waals surface area contributed by atoms with Gasteiger partial charge in [-0.2, -0.15) is 0 Å². The molecule has 1 saturated heterocycles. The number of hydrogen-bond acceptors (Lipinski definition) is 5. The maximum absolute atomic E-state index is 12.2. The summed E-state index contributed by atoms with van der Waals surface area (Å²) in [6.07, 6.45) is 5.07. The lowest BCUT2D eigenvalue weighted by Crippen LogP contribution is -2.47. The molecule has 2 N–H and O–H groups in total. The number of nitrogens with one attached hydrogen (secondary N) is 2. The highest BCUT2D eigenvalue weighted by molar-refractivity contribution is 5.86. The van der Waals surface area contributed by atoms with Crippen molar-refractivity contribution in [2.75, 3.05) is 18.4 Å². The van der Waals surface area contributed by atoms with Gasteiger partial charge in [-0.25, -0.2) is 14.8 Å². The van der Waals surface area contributed by atoms with Crippen LogP contribution in [0, 0.1) is 0 Å². The minimum atomic E-state index is -0.471. The Labute approximate surface area is 135 Å². The van der Waals surface area contributed by atoms with Crippen molar-refractivity contribution in [1.29, 1.82) is 0 Å². The number of nitrogens with zero attached hydrogens (tertiary/aromatic N) is 3. The van der Waals surface area contributed by atoms with E-state index in [9.17, 15) is 4.79 Å². The number of anilines is 1. The van der Waals surface area contributed by atoms with Crippen LogP contribution in [0.5, 0.6) is 0 Å². The first-order chi connectivity index (χ1) is 10.9. The number of likely N-dealkylation sites (tertiary alicyclic amines) is 1. The van der Waals surface area contributed by atoms with Gasteiger partial charge in [0.25, 0.3) is 0 Å². The van der Waals surface area contributed by atoms with E-state index >= 15 is 0 Å². The van der Waals surface area contributed by atoms with Crippen molar-refractivity contribution in [1.82, 2.24) is 19.9 Å². The van der Waals surface area contributed by atoms with E-state index < -0.39 is 5.60 Å². The van der Waals surface area contributed by atoms with Crippen molar-refractivity contribution in [2.24, 2.45) is 0 Å². The van der Waals surface area contributed by atoms with Gasteiger partial charge in [0, 0.05) is 25.3 Å². The number of aromatic nitrogens is 3. The van der Waals surface area contributed by atoms with Gasteiger partial charge in [0.05, 0.1) is 5.39 Å². The van der Waals surface area contributed by atoms with E-state index in [-0.39, 0.29) is 12.1 Å². The highest BCUT2D eigenvalue weighted by atomic mass is 16.6. The molecule has 23 heavy (non-hydrogen) atoms. The van der Waals surface area contributed by atoms with E-state index in [0.717, 1.165) is 36.2 Å². The van der Waals surface area contributed by atoms with Crippen molar-refractivity contribution in [2.45, 2.75) is 45.3 Å². The molecule has 1 amide bonds. The average molecular weight is 317 g/mol. The third-order valence-corrected chi connectivity index (χ3v) is 3.77. The second-order valence-electron chi connectivity index (χ2n) is 6.87. The van der Waals surface area contributed by atoms with E-state index in [2.05, 4.69) is 20.3 Å². The zero-order valence-corrected chi connectivity index (χ0v) is 13.8. The van der Waals surface area contributed by atoms with Crippen molar-refractivity contribution in [3.05, 3.63) is 18.6 Å².